The number of benzene rings is 3. The van der Waals surface area contributed by atoms with E-state index in [1.807, 2.05) is 72.8 Å². The van der Waals surface area contributed by atoms with Crippen LogP contribution in [0, 0.1) is 11.3 Å². The summed E-state index contributed by atoms with van der Waals surface area (Å²) in [6, 6.07) is 25.5. The molecule has 0 spiro atoms. The largest absolute Gasteiger partial charge is 0.387 e. The Morgan fingerprint density at radius 3 is 2.14 bits per heavy atom. The van der Waals surface area contributed by atoms with Crippen LogP contribution in [-0.2, 0) is 0 Å². The predicted molar refractivity (Wildman–Crippen MR) is 83.7 cm³/mol. The van der Waals surface area contributed by atoms with E-state index >= 15 is 0 Å². The molecule has 2 heteroatoms. The van der Waals surface area contributed by atoms with E-state index in [0.717, 1.165) is 21.9 Å². The second kappa shape index (κ2) is 5.78. The van der Waals surface area contributed by atoms with Gasteiger partial charge < -0.3 is 5.11 Å². The van der Waals surface area contributed by atoms with Crippen LogP contribution in [0.5, 0.6) is 0 Å². The van der Waals surface area contributed by atoms with Crippen molar-refractivity contribution in [2.75, 3.05) is 0 Å². The Bertz CT molecular complexity index is 789. The fourth-order valence-corrected chi connectivity index (χ4v) is 2.57. The molecule has 0 bridgehead atoms. The third-order valence-electron chi connectivity index (χ3n) is 3.73. The van der Waals surface area contributed by atoms with Crippen LogP contribution >= 0.6 is 0 Å². The van der Waals surface area contributed by atoms with Gasteiger partial charge in [0, 0.05) is 0 Å². The summed E-state index contributed by atoms with van der Waals surface area (Å²) in [6.07, 6.45) is -0.822. The fourth-order valence-electron chi connectivity index (χ4n) is 2.57. The highest BCUT2D eigenvalue weighted by Gasteiger charge is 2.22. The quantitative estimate of drug-likeness (QED) is 0.778. The standard InChI is InChI=1S/C19H15NO/c20-13-18(19(21)15-7-2-1-3-8-15)17-11-10-14-6-4-5-9-16(14)12-17/h1-12,18-19,21H/t18-,19+/m1/s1. The molecule has 0 radical (unpaired) electrons. The number of hydrogen-bond donors (Lipinski definition) is 1. The zero-order valence-corrected chi connectivity index (χ0v) is 11.5. The third-order valence-corrected chi connectivity index (χ3v) is 3.73. The van der Waals surface area contributed by atoms with Gasteiger partial charge in [0.2, 0.25) is 0 Å². The Hall–Kier alpha value is -2.63. The van der Waals surface area contributed by atoms with E-state index in [0.29, 0.717) is 0 Å². The van der Waals surface area contributed by atoms with Crippen molar-refractivity contribution in [2.24, 2.45) is 0 Å². The van der Waals surface area contributed by atoms with Crippen LogP contribution in [0.4, 0.5) is 0 Å². The van der Waals surface area contributed by atoms with Crippen molar-refractivity contribution in [3.8, 4) is 6.07 Å². The summed E-state index contributed by atoms with van der Waals surface area (Å²) in [7, 11) is 0. The molecule has 3 aromatic carbocycles. The Kier molecular flexibility index (Phi) is 3.68. The van der Waals surface area contributed by atoms with Gasteiger partial charge in [0.1, 0.15) is 5.92 Å². The van der Waals surface area contributed by atoms with Crippen LogP contribution in [0.2, 0.25) is 0 Å². The molecule has 0 unspecified atom stereocenters. The minimum Gasteiger partial charge on any atom is -0.387 e. The topological polar surface area (TPSA) is 44.0 Å². The molecule has 0 heterocycles. The van der Waals surface area contributed by atoms with Gasteiger partial charge in [0.25, 0.3) is 0 Å². The van der Waals surface area contributed by atoms with Crippen molar-refractivity contribution in [1.82, 2.24) is 0 Å². The van der Waals surface area contributed by atoms with Crippen LogP contribution in [-0.4, -0.2) is 5.11 Å². The molecule has 0 saturated heterocycles. The Morgan fingerprint density at radius 2 is 1.43 bits per heavy atom. The average Bonchev–Trinajstić information content (AvgIpc) is 2.56. The smallest absolute Gasteiger partial charge is 0.101 e. The number of rotatable bonds is 3. The molecule has 0 saturated carbocycles. The predicted octanol–water partition coefficient (Wildman–Crippen LogP) is 4.18. The van der Waals surface area contributed by atoms with Crippen LogP contribution in [0.3, 0.4) is 0 Å². The van der Waals surface area contributed by atoms with Gasteiger partial charge in [-0.05, 0) is 28.0 Å². The fraction of sp³-hybridized carbons (Fsp3) is 0.105. The molecule has 3 aromatic rings. The maximum atomic E-state index is 10.5. The third kappa shape index (κ3) is 2.65. The first-order valence-electron chi connectivity index (χ1n) is 6.91. The SMILES string of the molecule is N#C[C@H](c1ccc2ccccc2c1)[C@@H](O)c1ccccc1. The lowest BCUT2D eigenvalue weighted by molar-refractivity contribution is 0.164. The zero-order valence-electron chi connectivity index (χ0n) is 11.5. The minimum atomic E-state index is -0.822. The van der Waals surface area contributed by atoms with Crippen molar-refractivity contribution in [1.29, 1.82) is 5.26 Å². The summed E-state index contributed by atoms with van der Waals surface area (Å²) in [6.45, 7) is 0. The summed E-state index contributed by atoms with van der Waals surface area (Å²) >= 11 is 0. The highest BCUT2D eigenvalue weighted by molar-refractivity contribution is 5.83. The maximum Gasteiger partial charge on any atom is 0.101 e. The monoisotopic (exact) mass is 273 g/mol. The van der Waals surface area contributed by atoms with Crippen molar-refractivity contribution >= 4 is 10.8 Å². The van der Waals surface area contributed by atoms with Gasteiger partial charge >= 0.3 is 0 Å². The van der Waals surface area contributed by atoms with Gasteiger partial charge in [-0.3, -0.25) is 0 Å². The highest BCUT2D eigenvalue weighted by atomic mass is 16.3. The van der Waals surface area contributed by atoms with E-state index < -0.39 is 12.0 Å². The lowest BCUT2D eigenvalue weighted by Gasteiger charge is -2.18. The summed E-state index contributed by atoms with van der Waals surface area (Å²) in [5.74, 6) is -0.572. The second-order valence-corrected chi connectivity index (χ2v) is 5.07. The van der Waals surface area contributed by atoms with Gasteiger partial charge in [-0.15, -0.1) is 0 Å². The van der Waals surface area contributed by atoms with Gasteiger partial charge in [0.15, 0.2) is 0 Å². The molecule has 102 valence electrons. The van der Waals surface area contributed by atoms with Gasteiger partial charge in [-0.25, -0.2) is 0 Å². The number of hydrogen-bond acceptors (Lipinski definition) is 2. The Morgan fingerprint density at radius 1 is 0.762 bits per heavy atom. The maximum absolute atomic E-state index is 10.5. The van der Waals surface area contributed by atoms with Gasteiger partial charge in [-0.2, -0.15) is 5.26 Å². The van der Waals surface area contributed by atoms with E-state index in [2.05, 4.69) is 6.07 Å². The number of aliphatic hydroxyl groups is 1. The van der Waals surface area contributed by atoms with Gasteiger partial charge in [-0.1, -0.05) is 66.7 Å². The lowest BCUT2D eigenvalue weighted by atomic mass is 9.89. The molecule has 1 N–H and O–H groups in total. The van der Waals surface area contributed by atoms with Crippen LogP contribution in [0.15, 0.2) is 72.8 Å². The van der Waals surface area contributed by atoms with Gasteiger partial charge in [0.05, 0.1) is 12.2 Å². The van der Waals surface area contributed by atoms with E-state index in [9.17, 15) is 10.4 Å². The Labute approximate surface area is 123 Å². The average molecular weight is 273 g/mol. The molecule has 0 aromatic heterocycles. The van der Waals surface area contributed by atoms with Crippen molar-refractivity contribution in [3.63, 3.8) is 0 Å². The molecule has 3 rings (SSSR count). The van der Waals surface area contributed by atoms with E-state index in [1.54, 1.807) is 0 Å². The van der Waals surface area contributed by atoms with E-state index in [4.69, 9.17) is 0 Å². The summed E-state index contributed by atoms with van der Waals surface area (Å²) in [5, 5.41) is 22.2. The van der Waals surface area contributed by atoms with Crippen LogP contribution in [0.25, 0.3) is 10.8 Å². The summed E-state index contributed by atoms with van der Waals surface area (Å²) in [5.41, 5.74) is 1.60. The van der Waals surface area contributed by atoms with Crippen molar-refractivity contribution in [3.05, 3.63) is 83.9 Å². The molecule has 0 fully saturated rings. The molecule has 0 aliphatic rings. The second-order valence-electron chi connectivity index (χ2n) is 5.07. The molecular formula is C19H15NO. The van der Waals surface area contributed by atoms with E-state index in [-0.39, 0.29) is 0 Å². The highest BCUT2D eigenvalue weighted by Crippen LogP contribution is 2.31. The van der Waals surface area contributed by atoms with Crippen LogP contribution < -0.4 is 0 Å². The first-order chi connectivity index (χ1) is 10.3. The number of aliphatic hydroxyl groups excluding tert-OH is 1. The zero-order chi connectivity index (χ0) is 14.7. The molecule has 2 nitrogen and oxygen atoms in total. The lowest BCUT2D eigenvalue weighted by Crippen LogP contribution is -2.09. The number of nitriles is 1. The van der Waals surface area contributed by atoms with Crippen molar-refractivity contribution in [2.45, 2.75) is 12.0 Å². The van der Waals surface area contributed by atoms with Crippen molar-refractivity contribution < 1.29 is 5.11 Å². The summed E-state index contributed by atoms with van der Waals surface area (Å²) < 4.78 is 0. The van der Waals surface area contributed by atoms with E-state index in [1.165, 1.54) is 0 Å². The number of fused-ring (bicyclic) bond motifs is 1. The minimum absolute atomic E-state index is 0.572. The molecule has 0 aliphatic carbocycles. The number of nitrogens with zero attached hydrogens (tertiary/aromatic N) is 1. The normalized spacial score (nSPS) is 13.5. The molecule has 0 amide bonds. The molecule has 21 heavy (non-hydrogen) atoms. The summed E-state index contributed by atoms with van der Waals surface area (Å²) in [4.78, 5) is 0. The first kappa shape index (κ1) is 13.4. The van der Waals surface area contributed by atoms with Crippen LogP contribution in [0.1, 0.15) is 23.1 Å². The Balaban J connectivity index is 2.00. The molecule has 2 atom stereocenters. The first-order valence-corrected chi connectivity index (χ1v) is 6.91. The molecule has 0 aliphatic heterocycles. The molecular weight excluding hydrogens is 258 g/mol.